The second-order valence-electron chi connectivity index (χ2n) is 7.75. The highest BCUT2D eigenvalue weighted by Gasteiger charge is 2.42. The molecule has 162 valence electrons. The largest absolute Gasteiger partial charge is 0.450 e. The van der Waals surface area contributed by atoms with Crippen LogP contribution in [0.15, 0.2) is 45.6 Å². The van der Waals surface area contributed by atoms with Crippen molar-refractivity contribution in [3.05, 3.63) is 79.9 Å². The van der Waals surface area contributed by atoms with Gasteiger partial charge in [-0.15, -0.1) is 0 Å². The van der Waals surface area contributed by atoms with Gasteiger partial charge < -0.3 is 14.2 Å². The summed E-state index contributed by atoms with van der Waals surface area (Å²) in [5.74, 6) is -0.762. The van der Waals surface area contributed by atoms with E-state index >= 15 is 0 Å². The maximum atomic E-state index is 14.1. The Bertz CT molecular complexity index is 1220. The maximum Gasteiger partial charge on any atom is 0.290 e. The number of aryl methyl sites for hydroxylation is 1. The molecule has 1 aromatic heterocycles. The molecule has 5 nitrogen and oxygen atoms in total. The van der Waals surface area contributed by atoms with Gasteiger partial charge in [0.1, 0.15) is 11.4 Å². The third-order valence-electron chi connectivity index (χ3n) is 5.96. The second-order valence-corrected chi connectivity index (χ2v) is 8.16. The van der Waals surface area contributed by atoms with Crippen molar-refractivity contribution in [3.63, 3.8) is 0 Å². The number of hydrogen-bond donors (Lipinski definition) is 0. The van der Waals surface area contributed by atoms with Gasteiger partial charge in [-0.05, 0) is 55.4 Å². The summed E-state index contributed by atoms with van der Waals surface area (Å²) in [7, 11) is 0. The fourth-order valence-corrected chi connectivity index (χ4v) is 4.35. The number of carbonyl (C=O) groups excluding carboxylic acids is 1. The predicted molar refractivity (Wildman–Crippen MR) is 119 cm³/mol. The molecule has 0 fully saturated rings. The molecule has 1 aliphatic rings. The molecule has 0 saturated heterocycles. The second kappa shape index (κ2) is 8.44. The molecule has 0 N–H and O–H groups in total. The lowest BCUT2D eigenvalue weighted by Gasteiger charge is -2.28. The smallest absolute Gasteiger partial charge is 0.290 e. The number of halogens is 2. The Morgan fingerprint density at radius 3 is 2.58 bits per heavy atom. The van der Waals surface area contributed by atoms with Crippen molar-refractivity contribution in [2.45, 2.75) is 26.8 Å². The number of carbonyl (C=O) groups is 1. The van der Waals surface area contributed by atoms with Gasteiger partial charge in [-0.3, -0.25) is 9.59 Å². The van der Waals surface area contributed by atoms with Crippen LogP contribution < -0.4 is 5.43 Å². The topological polar surface area (TPSA) is 53.8 Å². The van der Waals surface area contributed by atoms with E-state index in [0.29, 0.717) is 34.6 Å². The van der Waals surface area contributed by atoms with Crippen LogP contribution in [0, 0.1) is 12.7 Å². The van der Waals surface area contributed by atoms with E-state index in [-0.39, 0.29) is 22.7 Å². The normalized spacial score (nSPS) is 15.9. The molecule has 0 spiro atoms. The van der Waals surface area contributed by atoms with Gasteiger partial charge in [0.25, 0.3) is 5.91 Å². The molecule has 1 atom stereocenters. The Kier molecular flexibility index (Phi) is 5.86. The van der Waals surface area contributed by atoms with Gasteiger partial charge in [0.15, 0.2) is 5.43 Å². The van der Waals surface area contributed by atoms with Gasteiger partial charge in [0.05, 0.1) is 17.0 Å². The standard InChI is InChI=1S/C24H24ClFN2O3/c1-4-27(5-2)9-10-28-21(15-7-6-8-16(26)12-15)20-22(29)17-13-18(25)14(3)11-19(17)31-23(20)24(28)30/h6-8,11-13,21H,4-5,9-10H2,1-3H3. The number of amides is 1. The fraction of sp³-hybridized carbons (Fsp3) is 0.333. The zero-order valence-electron chi connectivity index (χ0n) is 17.7. The molecule has 1 aliphatic heterocycles. The molecular weight excluding hydrogens is 419 g/mol. The monoisotopic (exact) mass is 442 g/mol. The van der Waals surface area contributed by atoms with Crippen molar-refractivity contribution < 1.29 is 13.6 Å². The van der Waals surface area contributed by atoms with Crippen molar-refractivity contribution in [2.75, 3.05) is 26.2 Å². The van der Waals surface area contributed by atoms with Crippen molar-refractivity contribution in [3.8, 4) is 0 Å². The first-order valence-electron chi connectivity index (χ1n) is 10.4. The first-order chi connectivity index (χ1) is 14.8. The molecule has 0 aliphatic carbocycles. The van der Waals surface area contributed by atoms with Gasteiger partial charge in [0, 0.05) is 18.1 Å². The summed E-state index contributed by atoms with van der Waals surface area (Å²) in [4.78, 5) is 30.6. The molecular formula is C24H24ClFN2O3. The van der Waals surface area contributed by atoms with Gasteiger partial charge >= 0.3 is 0 Å². The van der Waals surface area contributed by atoms with Crippen LogP contribution >= 0.6 is 11.6 Å². The van der Waals surface area contributed by atoms with Crippen LogP contribution in [0.4, 0.5) is 4.39 Å². The Balaban J connectivity index is 1.90. The molecule has 0 bridgehead atoms. The molecule has 1 unspecified atom stereocenters. The highest BCUT2D eigenvalue weighted by molar-refractivity contribution is 6.32. The zero-order chi connectivity index (χ0) is 22.3. The quantitative estimate of drug-likeness (QED) is 0.551. The minimum Gasteiger partial charge on any atom is -0.450 e. The van der Waals surface area contributed by atoms with Crippen LogP contribution in [0.1, 0.15) is 47.1 Å². The van der Waals surface area contributed by atoms with Crippen molar-refractivity contribution in [1.29, 1.82) is 0 Å². The summed E-state index contributed by atoms with van der Waals surface area (Å²) in [6.45, 7) is 8.63. The van der Waals surface area contributed by atoms with E-state index < -0.39 is 11.9 Å². The zero-order valence-corrected chi connectivity index (χ0v) is 18.5. The molecule has 0 radical (unpaired) electrons. The van der Waals surface area contributed by atoms with E-state index in [0.717, 1.165) is 18.7 Å². The first-order valence-corrected chi connectivity index (χ1v) is 10.8. The van der Waals surface area contributed by atoms with Crippen LogP contribution in [0.2, 0.25) is 5.02 Å². The third-order valence-corrected chi connectivity index (χ3v) is 6.37. The van der Waals surface area contributed by atoms with Crippen molar-refractivity contribution in [1.82, 2.24) is 9.80 Å². The Labute approximate surface area is 185 Å². The molecule has 2 heterocycles. The van der Waals surface area contributed by atoms with Gasteiger partial charge in [0.2, 0.25) is 5.76 Å². The highest BCUT2D eigenvalue weighted by Crippen LogP contribution is 2.38. The molecule has 4 rings (SSSR count). The van der Waals surface area contributed by atoms with E-state index in [9.17, 15) is 14.0 Å². The Morgan fingerprint density at radius 2 is 1.90 bits per heavy atom. The lowest BCUT2D eigenvalue weighted by atomic mass is 9.98. The van der Waals surface area contributed by atoms with Crippen molar-refractivity contribution in [2.24, 2.45) is 0 Å². The number of fused-ring (bicyclic) bond motifs is 2. The third kappa shape index (κ3) is 3.75. The minimum absolute atomic E-state index is 0.0213. The Morgan fingerprint density at radius 1 is 1.16 bits per heavy atom. The number of nitrogens with zero attached hydrogens (tertiary/aromatic N) is 2. The lowest BCUT2D eigenvalue weighted by Crippen LogP contribution is -2.37. The average molecular weight is 443 g/mol. The van der Waals surface area contributed by atoms with E-state index in [1.165, 1.54) is 12.1 Å². The number of benzene rings is 2. The summed E-state index contributed by atoms with van der Waals surface area (Å²) in [5.41, 5.74) is 1.54. The number of hydrogen-bond acceptors (Lipinski definition) is 4. The maximum absolute atomic E-state index is 14.1. The Hall–Kier alpha value is -2.70. The van der Waals surface area contributed by atoms with E-state index in [1.807, 2.05) is 6.92 Å². The molecule has 1 amide bonds. The average Bonchev–Trinajstić information content (AvgIpc) is 3.03. The van der Waals surface area contributed by atoms with Crippen LogP contribution in [-0.4, -0.2) is 41.9 Å². The van der Waals surface area contributed by atoms with Crippen molar-refractivity contribution >= 4 is 28.5 Å². The van der Waals surface area contributed by atoms with Gasteiger partial charge in [-0.1, -0.05) is 37.6 Å². The number of rotatable bonds is 6. The summed E-state index contributed by atoms with van der Waals surface area (Å²) in [5, 5.41) is 0.763. The fourth-order valence-electron chi connectivity index (χ4n) is 4.18. The minimum atomic E-state index is -0.713. The first kappa shape index (κ1) is 21.5. The summed E-state index contributed by atoms with van der Waals surface area (Å²) < 4.78 is 20.0. The number of likely N-dealkylation sites (N-methyl/N-ethyl adjacent to an activating group) is 1. The van der Waals surface area contributed by atoms with E-state index in [2.05, 4.69) is 18.7 Å². The van der Waals surface area contributed by atoms with Gasteiger partial charge in [-0.2, -0.15) is 0 Å². The van der Waals surface area contributed by atoms with Crippen LogP contribution in [0.25, 0.3) is 11.0 Å². The van der Waals surface area contributed by atoms with Crippen LogP contribution in [0.5, 0.6) is 0 Å². The van der Waals surface area contributed by atoms with E-state index in [4.69, 9.17) is 16.0 Å². The summed E-state index contributed by atoms with van der Waals surface area (Å²) >= 11 is 6.25. The SMILES string of the molecule is CCN(CC)CCN1C(=O)c2oc3cc(C)c(Cl)cc3c(=O)c2C1c1cccc(F)c1. The summed E-state index contributed by atoms with van der Waals surface area (Å²) in [6.07, 6.45) is 0. The lowest BCUT2D eigenvalue weighted by molar-refractivity contribution is 0.0708. The molecule has 3 aromatic rings. The predicted octanol–water partition coefficient (Wildman–Crippen LogP) is 4.78. The van der Waals surface area contributed by atoms with Crippen LogP contribution in [0.3, 0.4) is 0 Å². The van der Waals surface area contributed by atoms with Gasteiger partial charge in [-0.25, -0.2) is 4.39 Å². The highest BCUT2D eigenvalue weighted by atomic mass is 35.5. The molecule has 2 aromatic carbocycles. The van der Waals surface area contributed by atoms with E-state index in [1.54, 1.807) is 29.2 Å². The molecule has 31 heavy (non-hydrogen) atoms. The summed E-state index contributed by atoms with van der Waals surface area (Å²) in [6, 6.07) is 8.54. The van der Waals surface area contributed by atoms with Crippen LogP contribution in [-0.2, 0) is 0 Å². The molecule has 7 heteroatoms. The molecule has 0 saturated carbocycles.